The van der Waals surface area contributed by atoms with Crippen LogP contribution in [0.25, 0.3) is 0 Å². The third-order valence-electron chi connectivity index (χ3n) is 4.94. The SMILES string of the molecule is COCCCN1Cc2cc(NC(=O)Cc3cccc(OC)c3)ccc2O[C@@H](C)C1=O. The number of nitrogens with zero attached hydrogens (tertiary/aromatic N) is 1. The van der Waals surface area contributed by atoms with E-state index in [0.29, 0.717) is 31.1 Å². The largest absolute Gasteiger partial charge is 0.497 e. The quantitative estimate of drug-likeness (QED) is 0.675. The number of hydrogen-bond acceptors (Lipinski definition) is 5. The maximum Gasteiger partial charge on any atom is 0.263 e. The van der Waals surface area contributed by atoms with Gasteiger partial charge in [-0.2, -0.15) is 0 Å². The maximum absolute atomic E-state index is 12.6. The van der Waals surface area contributed by atoms with Gasteiger partial charge >= 0.3 is 0 Å². The minimum absolute atomic E-state index is 0.0501. The fraction of sp³-hybridized carbons (Fsp3) is 0.391. The van der Waals surface area contributed by atoms with Crippen LogP contribution in [-0.2, 0) is 27.3 Å². The molecule has 0 aromatic heterocycles. The number of carbonyl (C=O) groups is 2. The second-order valence-electron chi connectivity index (χ2n) is 7.27. The van der Waals surface area contributed by atoms with E-state index in [4.69, 9.17) is 14.2 Å². The van der Waals surface area contributed by atoms with E-state index in [1.807, 2.05) is 30.3 Å². The van der Waals surface area contributed by atoms with Crippen molar-refractivity contribution in [2.75, 3.05) is 32.7 Å². The number of rotatable bonds is 8. The highest BCUT2D eigenvalue weighted by Gasteiger charge is 2.27. The van der Waals surface area contributed by atoms with Crippen LogP contribution in [0.3, 0.4) is 0 Å². The van der Waals surface area contributed by atoms with Gasteiger partial charge in [0.1, 0.15) is 11.5 Å². The lowest BCUT2D eigenvalue weighted by molar-refractivity contribution is -0.137. The molecule has 1 aliphatic rings. The van der Waals surface area contributed by atoms with Gasteiger partial charge < -0.3 is 24.4 Å². The molecule has 2 amide bonds. The van der Waals surface area contributed by atoms with E-state index in [1.165, 1.54) is 0 Å². The zero-order chi connectivity index (χ0) is 21.5. The monoisotopic (exact) mass is 412 g/mol. The molecule has 7 nitrogen and oxygen atoms in total. The highest BCUT2D eigenvalue weighted by molar-refractivity contribution is 5.92. The Morgan fingerprint density at radius 1 is 1.23 bits per heavy atom. The molecule has 0 bridgehead atoms. The smallest absolute Gasteiger partial charge is 0.263 e. The molecular formula is C23H28N2O5. The van der Waals surface area contributed by atoms with E-state index in [9.17, 15) is 9.59 Å². The summed E-state index contributed by atoms with van der Waals surface area (Å²) < 4.78 is 16.1. The molecule has 30 heavy (non-hydrogen) atoms. The molecule has 0 fully saturated rings. The van der Waals surface area contributed by atoms with E-state index < -0.39 is 6.10 Å². The van der Waals surface area contributed by atoms with Crippen LogP contribution in [-0.4, -0.2) is 50.2 Å². The topological polar surface area (TPSA) is 77.1 Å². The van der Waals surface area contributed by atoms with Crippen molar-refractivity contribution in [1.82, 2.24) is 4.90 Å². The average Bonchev–Trinajstić information content (AvgIpc) is 2.85. The van der Waals surface area contributed by atoms with Gasteiger partial charge in [0.25, 0.3) is 5.91 Å². The van der Waals surface area contributed by atoms with Crippen LogP contribution >= 0.6 is 0 Å². The number of benzene rings is 2. The van der Waals surface area contributed by atoms with Gasteiger partial charge in [-0.05, 0) is 49.2 Å². The van der Waals surface area contributed by atoms with Crippen molar-refractivity contribution >= 4 is 17.5 Å². The summed E-state index contributed by atoms with van der Waals surface area (Å²) in [5, 5.41) is 2.93. The lowest BCUT2D eigenvalue weighted by Gasteiger charge is -2.22. The predicted octanol–water partition coefficient (Wildman–Crippen LogP) is 3.02. The van der Waals surface area contributed by atoms with Gasteiger partial charge in [0.15, 0.2) is 6.10 Å². The summed E-state index contributed by atoms with van der Waals surface area (Å²) in [5.74, 6) is 1.20. The summed E-state index contributed by atoms with van der Waals surface area (Å²) in [7, 11) is 3.24. The van der Waals surface area contributed by atoms with Crippen molar-refractivity contribution in [3.8, 4) is 11.5 Å². The molecule has 0 radical (unpaired) electrons. The van der Waals surface area contributed by atoms with Crippen molar-refractivity contribution in [2.24, 2.45) is 0 Å². The summed E-state index contributed by atoms with van der Waals surface area (Å²) >= 11 is 0. The predicted molar refractivity (Wildman–Crippen MR) is 114 cm³/mol. The first-order valence-corrected chi connectivity index (χ1v) is 10.00. The fourth-order valence-electron chi connectivity index (χ4n) is 3.44. The maximum atomic E-state index is 12.6. The zero-order valence-corrected chi connectivity index (χ0v) is 17.6. The molecule has 2 aromatic rings. The number of nitrogens with one attached hydrogen (secondary N) is 1. The Morgan fingerprint density at radius 2 is 2.07 bits per heavy atom. The minimum atomic E-state index is -0.553. The number of anilines is 1. The zero-order valence-electron chi connectivity index (χ0n) is 17.6. The van der Waals surface area contributed by atoms with Crippen LogP contribution in [0.15, 0.2) is 42.5 Å². The van der Waals surface area contributed by atoms with Gasteiger partial charge in [0, 0.05) is 38.1 Å². The number of amides is 2. The molecule has 3 rings (SSSR count). The third-order valence-corrected chi connectivity index (χ3v) is 4.94. The fourth-order valence-corrected chi connectivity index (χ4v) is 3.44. The summed E-state index contributed by atoms with van der Waals surface area (Å²) in [5.41, 5.74) is 2.40. The van der Waals surface area contributed by atoms with Gasteiger partial charge in [-0.3, -0.25) is 9.59 Å². The summed E-state index contributed by atoms with van der Waals surface area (Å²) in [4.78, 5) is 26.9. The van der Waals surface area contributed by atoms with E-state index in [-0.39, 0.29) is 18.2 Å². The Bertz CT molecular complexity index is 899. The third kappa shape index (κ3) is 5.51. The first-order valence-electron chi connectivity index (χ1n) is 10.00. The average molecular weight is 412 g/mol. The molecule has 0 spiro atoms. The molecule has 1 heterocycles. The molecule has 2 aromatic carbocycles. The van der Waals surface area contributed by atoms with Crippen LogP contribution in [0.5, 0.6) is 11.5 Å². The first kappa shape index (κ1) is 21.6. The second-order valence-corrected chi connectivity index (χ2v) is 7.27. The van der Waals surface area contributed by atoms with Crippen molar-refractivity contribution in [3.63, 3.8) is 0 Å². The lowest BCUT2D eigenvalue weighted by Crippen LogP contribution is -2.38. The second kappa shape index (κ2) is 10.1. The Balaban J connectivity index is 1.70. The summed E-state index contributed by atoms with van der Waals surface area (Å²) in [6, 6.07) is 12.9. The van der Waals surface area contributed by atoms with Crippen LogP contribution in [0.2, 0.25) is 0 Å². The van der Waals surface area contributed by atoms with Gasteiger partial charge in [-0.15, -0.1) is 0 Å². The Morgan fingerprint density at radius 3 is 2.83 bits per heavy atom. The van der Waals surface area contributed by atoms with E-state index in [0.717, 1.165) is 23.3 Å². The highest BCUT2D eigenvalue weighted by atomic mass is 16.5. The summed E-state index contributed by atoms with van der Waals surface area (Å²) in [6.45, 7) is 3.37. The molecule has 0 aliphatic carbocycles. The first-order chi connectivity index (χ1) is 14.5. The normalized spacial score (nSPS) is 15.8. The standard InChI is InChI=1S/C23H28N2O5/c1-16-23(27)25(10-5-11-28-2)15-18-14-19(8-9-21(18)30-16)24-22(26)13-17-6-4-7-20(12-17)29-3/h4,6-9,12,14,16H,5,10-11,13,15H2,1-3H3,(H,24,26)/t16-/m0/s1. The molecule has 160 valence electrons. The molecule has 0 saturated carbocycles. The molecule has 1 aliphatic heterocycles. The van der Waals surface area contributed by atoms with Crippen LogP contribution in [0, 0.1) is 0 Å². The molecular weight excluding hydrogens is 384 g/mol. The highest BCUT2D eigenvalue weighted by Crippen LogP contribution is 2.29. The lowest BCUT2D eigenvalue weighted by atomic mass is 10.1. The van der Waals surface area contributed by atoms with Crippen LogP contribution < -0.4 is 14.8 Å². The Labute approximate surface area is 176 Å². The van der Waals surface area contributed by atoms with Crippen molar-refractivity contribution in [1.29, 1.82) is 0 Å². The van der Waals surface area contributed by atoms with Crippen molar-refractivity contribution < 1.29 is 23.8 Å². The number of hydrogen-bond donors (Lipinski definition) is 1. The molecule has 1 N–H and O–H groups in total. The molecule has 7 heteroatoms. The minimum Gasteiger partial charge on any atom is -0.497 e. The van der Waals surface area contributed by atoms with Gasteiger partial charge in [0.2, 0.25) is 5.91 Å². The van der Waals surface area contributed by atoms with Gasteiger partial charge in [-0.1, -0.05) is 12.1 Å². The Kier molecular flexibility index (Phi) is 7.30. The molecule has 1 atom stereocenters. The number of methoxy groups -OCH3 is 2. The van der Waals surface area contributed by atoms with Gasteiger partial charge in [-0.25, -0.2) is 0 Å². The van der Waals surface area contributed by atoms with E-state index >= 15 is 0 Å². The van der Waals surface area contributed by atoms with Crippen molar-refractivity contribution in [3.05, 3.63) is 53.6 Å². The van der Waals surface area contributed by atoms with E-state index in [2.05, 4.69) is 5.32 Å². The van der Waals surface area contributed by atoms with Crippen molar-refractivity contribution in [2.45, 2.75) is 32.4 Å². The van der Waals surface area contributed by atoms with Crippen LogP contribution in [0.1, 0.15) is 24.5 Å². The molecule has 0 saturated heterocycles. The Hall–Kier alpha value is -3.06. The number of carbonyl (C=O) groups excluding carboxylic acids is 2. The van der Waals surface area contributed by atoms with E-state index in [1.54, 1.807) is 38.2 Å². The number of fused-ring (bicyclic) bond motifs is 1. The summed E-state index contributed by atoms with van der Waals surface area (Å²) in [6.07, 6.45) is 0.437. The van der Waals surface area contributed by atoms with Gasteiger partial charge in [0.05, 0.1) is 13.5 Å². The van der Waals surface area contributed by atoms with Crippen LogP contribution in [0.4, 0.5) is 5.69 Å². The molecule has 0 unspecified atom stereocenters. The number of ether oxygens (including phenoxy) is 3.